The van der Waals surface area contributed by atoms with Crippen LogP contribution in [0.25, 0.3) is 0 Å². The molecule has 1 saturated carbocycles. The van der Waals surface area contributed by atoms with Gasteiger partial charge in [-0.2, -0.15) is 0 Å². The maximum Gasteiger partial charge on any atom is 0.274 e. The van der Waals surface area contributed by atoms with Gasteiger partial charge in [0.05, 0.1) is 24.6 Å². The molecule has 1 heterocycles. The summed E-state index contributed by atoms with van der Waals surface area (Å²) in [5.74, 6) is 0.0869. The first-order valence-electron chi connectivity index (χ1n) is 9.42. The molecule has 0 aromatic carbocycles. The number of hydrogen-bond donors (Lipinski definition) is 4. The van der Waals surface area contributed by atoms with Gasteiger partial charge in [-0.1, -0.05) is 6.07 Å². The van der Waals surface area contributed by atoms with Gasteiger partial charge < -0.3 is 25.9 Å². The Hall–Kier alpha value is -2.93. The molecule has 0 bridgehead atoms. The molecule has 7 nitrogen and oxygen atoms in total. The smallest absolute Gasteiger partial charge is 0.274 e. The van der Waals surface area contributed by atoms with Crippen molar-refractivity contribution in [3.05, 3.63) is 65.0 Å². The number of carbonyl (C=O) groups is 1. The number of aromatic nitrogens is 1. The zero-order chi connectivity index (χ0) is 20.1. The molecule has 1 amide bonds. The van der Waals surface area contributed by atoms with E-state index in [1.165, 1.54) is 7.11 Å². The highest BCUT2D eigenvalue weighted by Crippen LogP contribution is 2.21. The van der Waals surface area contributed by atoms with Crippen LogP contribution in [0.3, 0.4) is 0 Å². The molecular weight excluding hydrogens is 356 g/mol. The van der Waals surface area contributed by atoms with Gasteiger partial charge in [-0.3, -0.25) is 4.79 Å². The van der Waals surface area contributed by atoms with E-state index in [9.17, 15) is 9.90 Å². The number of nitrogens with zero attached hydrogens (tertiary/aromatic N) is 1. The number of allylic oxidation sites excluding steroid dienone is 3. The molecule has 28 heavy (non-hydrogen) atoms. The van der Waals surface area contributed by atoms with Crippen LogP contribution in [0.2, 0.25) is 0 Å². The summed E-state index contributed by atoms with van der Waals surface area (Å²) >= 11 is 0. The van der Waals surface area contributed by atoms with Crippen LogP contribution in [0.15, 0.2) is 53.6 Å². The topological polar surface area (TPSA) is 107 Å². The highest BCUT2D eigenvalue weighted by atomic mass is 16.5. The summed E-state index contributed by atoms with van der Waals surface area (Å²) in [4.78, 5) is 16.8. The normalized spacial score (nSPS) is 23.7. The quantitative estimate of drug-likeness (QED) is 0.625. The molecule has 1 fully saturated rings. The van der Waals surface area contributed by atoms with Crippen LogP contribution in [0.5, 0.6) is 0 Å². The van der Waals surface area contributed by atoms with Crippen molar-refractivity contribution in [2.45, 2.75) is 44.8 Å². The van der Waals surface area contributed by atoms with E-state index in [4.69, 9.17) is 10.1 Å². The number of methoxy groups -OCH3 is 1. The van der Waals surface area contributed by atoms with E-state index in [2.05, 4.69) is 15.6 Å². The van der Waals surface area contributed by atoms with Gasteiger partial charge in [-0.25, -0.2) is 4.98 Å². The molecule has 4 N–H and O–H groups in total. The van der Waals surface area contributed by atoms with Crippen molar-refractivity contribution in [1.29, 1.82) is 5.41 Å². The molecule has 0 spiro atoms. The molecule has 3 rings (SSSR count). The van der Waals surface area contributed by atoms with Crippen LogP contribution in [0.4, 0.5) is 0 Å². The summed E-state index contributed by atoms with van der Waals surface area (Å²) < 4.78 is 5.33. The van der Waals surface area contributed by atoms with Crippen molar-refractivity contribution in [1.82, 2.24) is 15.6 Å². The Morgan fingerprint density at radius 3 is 2.71 bits per heavy atom. The standard InChI is InChI=1S/C21H26N4O3/c1-13-4-3-5-18(24-13)21(27)25-19-10-14(17(22)11-20(19)28-2)12-23-15-6-8-16(26)9-7-15/h3-5,10-12,15-16,22-23,26H,6-9H2,1-2H3,(H,25,27)/b14-12-,22-17?. The van der Waals surface area contributed by atoms with Gasteiger partial charge in [0.25, 0.3) is 5.91 Å². The highest BCUT2D eigenvalue weighted by molar-refractivity contribution is 6.10. The lowest BCUT2D eigenvalue weighted by molar-refractivity contribution is 0.0957. The van der Waals surface area contributed by atoms with Gasteiger partial charge in [-0.15, -0.1) is 0 Å². The van der Waals surface area contributed by atoms with Crippen molar-refractivity contribution in [2.24, 2.45) is 0 Å². The summed E-state index contributed by atoms with van der Waals surface area (Å²) in [6, 6.07) is 5.54. The maximum atomic E-state index is 12.5. The summed E-state index contributed by atoms with van der Waals surface area (Å²) in [5, 5.41) is 24.0. The molecule has 0 aliphatic heterocycles. The maximum absolute atomic E-state index is 12.5. The van der Waals surface area contributed by atoms with Gasteiger partial charge in [0.15, 0.2) is 0 Å². The SMILES string of the molecule is COC1=CC(=N)/C(=C\NC2CCC(O)CC2)C=C1NC(=O)c1cccc(C)n1. The zero-order valence-electron chi connectivity index (χ0n) is 16.2. The third-order valence-electron chi connectivity index (χ3n) is 4.91. The largest absolute Gasteiger partial charge is 0.494 e. The number of aliphatic hydroxyl groups excluding tert-OH is 1. The molecule has 0 radical (unpaired) electrons. The Morgan fingerprint density at radius 1 is 1.29 bits per heavy atom. The minimum Gasteiger partial charge on any atom is -0.494 e. The van der Waals surface area contributed by atoms with E-state index >= 15 is 0 Å². The van der Waals surface area contributed by atoms with Crippen molar-refractivity contribution in [3.63, 3.8) is 0 Å². The van der Waals surface area contributed by atoms with Crippen LogP contribution >= 0.6 is 0 Å². The van der Waals surface area contributed by atoms with Crippen LogP contribution < -0.4 is 10.6 Å². The Bertz CT molecular complexity index is 849. The summed E-state index contributed by atoms with van der Waals surface area (Å²) in [7, 11) is 1.50. The predicted octanol–water partition coefficient (Wildman–Crippen LogP) is 2.34. The molecule has 0 unspecified atom stereocenters. The van der Waals surface area contributed by atoms with Crippen LogP contribution in [-0.2, 0) is 4.74 Å². The number of pyridine rings is 1. The molecule has 7 heteroatoms. The molecule has 0 atom stereocenters. The molecular formula is C21H26N4O3. The average Bonchev–Trinajstić information content (AvgIpc) is 2.69. The van der Waals surface area contributed by atoms with Crippen LogP contribution in [0.1, 0.15) is 41.9 Å². The fourth-order valence-corrected chi connectivity index (χ4v) is 3.29. The summed E-state index contributed by atoms with van der Waals surface area (Å²) in [6.07, 6.45) is 8.25. The summed E-state index contributed by atoms with van der Waals surface area (Å²) in [6.45, 7) is 1.83. The Kier molecular flexibility index (Phi) is 6.26. The summed E-state index contributed by atoms with van der Waals surface area (Å²) in [5.41, 5.74) is 2.52. The predicted molar refractivity (Wildman–Crippen MR) is 107 cm³/mol. The molecule has 0 saturated heterocycles. The van der Waals surface area contributed by atoms with Gasteiger partial charge in [0.1, 0.15) is 11.5 Å². The zero-order valence-corrected chi connectivity index (χ0v) is 16.2. The molecule has 1 aromatic heterocycles. The number of nitrogens with one attached hydrogen (secondary N) is 3. The number of carbonyl (C=O) groups excluding carboxylic acids is 1. The fraction of sp³-hybridized carbons (Fsp3) is 0.381. The third kappa shape index (κ3) is 4.86. The van der Waals surface area contributed by atoms with Gasteiger partial charge in [0, 0.05) is 29.6 Å². The van der Waals surface area contributed by atoms with Crippen molar-refractivity contribution in [3.8, 4) is 0 Å². The number of ether oxygens (including phenoxy) is 1. The van der Waals surface area contributed by atoms with Crippen molar-refractivity contribution in [2.75, 3.05) is 7.11 Å². The third-order valence-corrected chi connectivity index (χ3v) is 4.91. The second kappa shape index (κ2) is 8.84. The van der Waals surface area contributed by atoms with Gasteiger partial charge in [0.2, 0.25) is 0 Å². The van der Waals surface area contributed by atoms with Gasteiger partial charge in [-0.05, 0) is 50.8 Å². The molecule has 148 valence electrons. The lowest BCUT2D eigenvalue weighted by Crippen LogP contribution is -2.32. The van der Waals surface area contributed by atoms with E-state index in [0.717, 1.165) is 31.4 Å². The molecule has 2 aliphatic carbocycles. The lowest BCUT2D eigenvalue weighted by atomic mass is 9.93. The van der Waals surface area contributed by atoms with Crippen LogP contribution in [-0.4, -0.2) is 41.0 Å². The second-order valence-corrected chi connectivity index (χ2v) is 7.07. The number of aryl methyl sites for hydroxylation is 1. The second-order valence-electron chi connectivity index (χ2n) is 7.07. The average molecular weight is 382 g/mol. The number of amides is 1. The van der Waals surface area contributed by atoms with E-state index in [0.29, 0.717) is 28.4 Å². The van der Waals surface area contributed by atoms with E-state index in [-0.39, 0.29) is 18.1 Å². The van der Waals surface area contributed by atoms with E-state index < -0.39 is 0 Å². The Balaban J connectivity index is 1.74. The minimum absolute atomic E-state index is 0.206. The van der Waals surface area contributed by atoms with E-state index in [1.807, 2.05) is 13.0 Å². The molecule has 2 aliphatic rings. The highest BCUT2D eigenvalue weighted by Gasteiger charge is 2.21. The van der Waals surface area contributed by atoms with Crippen molar-refractivity contribution < 1.29 is 14.6 Å². The van der Waals surface area contributed by atoms with E-state index in [1.54, 1.807) is 30.5 Å². The minimum atomic E-state index is -0.333. The lowest BCUT2D eigenvalue weighted by Gasteiger charge is -2.26. The Morgan fingerprint density at radius 2 is 2.04 bits per heavy atom. The monoisotopic (exact) mass is 382 g/mol. The van der Waals surface area contributed by atoms with Crippen molar-refractivity contribution >= 4 is 11.6 Å². The number of aliphatic hydroxyl groups is 1. The fourth-order valence-electron chi connectivity index (χ4n) is 3.29. The first-order valence-corrected chi connectivity index (χ1v) is 9.42. The first-order chi connectivity index (χ1) is 13.5. The van der Waals surface area contributed by atoms with Gasteiger partial charge >= 0.3 is 0 Å². The number of rotatable bonds is 5. The van der Waals surface area contributed by atoms with Crippen LogP contribution in [0, 0.1) is 12.3 Å². The molecule has 1 aromatic rings. The number of hydrogen-bond acceptors (Lipinski definition) is 6. The first kappa shape index (κ1) is 19.8. The Labute approximate surface area is 164 Å².